The predicted octanol–water partition coefficient (Wildman–Crippen LogP) is 3.07. The Hall–Kier alpha value is -1.26. The lowest BCUT2D eigenvalue weighted by Gasteiger charge is -2.29. The van der Waals surface area contributed by atoms with Crippen molar-refractivity contribution in [2.45, 2.75) is 51.6 Å². The summed E-state index contributed by atoms with van der Waals surface area (Å²) in [6, 6.07) is 3.62. The summed E-state index contributed by atoms with van der Waals surface area (Å²) < 4.78 is 0. The van der Waals surface area contributed by atoms with Crippen LogP contribution < -0.4 is 0 Å². The van der Waals surface area contributed by atoms with E-state index in [9.17, 15) is 10.2 Å². The van der Waals surface area contributed by atoms with Crippen molar-refractivity contribution in [1.82, 2.24) is 9.80 Å². The first-order valence-corrected chi connectivity index (χ1v) is 8.71. The van der Waals surface area contributed by atoms with Gasteiger partial charge in [0.2, 0.25) is 0 Å². The Morgan fingerprint density at radius 3 is 1.86 bits per heavy atom. The monoisotopic (exact) mass is 304 g/mol. The molecule has 2 fully saturated rings. The van der Waals surface area contributed by atoms with Crippen molar-refractivity contribution in [2.75, 3.05) is 26.2 Å². The summed E-state index contributed by atoms with van der Waals surface area (Å²) in [5, 5.41) is 20.8. The van der Waals surface area contributed by atoms with E-state index in [4.69, 9.17) is 0 Å². The zero-order valence-corrected chi connectivity index (χ0v) is 13.4. The van der Waals surface area contributed by atoms with Gasteiger partial charge in [0.15, 0.2) is 0 Å². The summed E-state index contributed by atoms with van der Waals surface area (Å²) in [6.07, 6.45) is 7.55. The Bertz CT molecular complexity index is 492. The molecule has 0 aromatic heterocycles. The van der Waals surface area contributed by atoms with Gasteiger partial charge in [0.1, 0.15) is 11.5 Å². The molecular formula is C18H28N2O2. The van der Waals surface area contributed by atoms with Crippen LogP contribution in [0.25, 0.3) is 0 Å². The fourth-order valence-electron chi connectivity index (χ4n) is 3.66. The molecule has 2 aliphatic rings. The van der Waals surface area contributed by atoms with Crippen LogP contribution in [0.4, 0.5) is 0 Å². The minimum Gasteiger partial charge on any atom is -0.507 e. The smallest absolute Gasteiger partial charge is 0.128 e. The van der Waals surface area contributed by atoms with Crippen molar-refractivity contribution in [2.24, 2.45) is 0 Å². The lowest BCUT2D eigenvalue weighted by molar-refractivity contribution is 0.211. The average molecular weight is 304 g/mol. The molecule has 0 atom stereocenters. The maximum Gasteiger partial charge on any atom is 0.128 e. The van der Waals surface area contributed by atoms with Crippen molar-refractivity contribution < 1.29 is 10.2 Å². The molecule has 0 unspecified atom stereocenters. The third-order valence-corrected chi connectivity index (χ3v) is 5.01. The van der Waals surface area contributed by atoms with Crippen molar-refractivity contribution in [1.29, 1.82) is 0 Å². The fraction of sp³-hybridized carbons (Fsp3) is 0.667. The standard InChI is InChI=1S/C18H28N2O2/c21-17-8-7-15(13-19-9-3-1-4-10-19)18(22)16(17)14-20-11-5-2-6-12-20/h7-8,21-22H,1-6,9-14H2. The number of piperidine rings is 2. The van der Waals surface area contributed by atoms with E-state index >= 15 is 0 Å². The average Bonchev–Trinajstić information content (AvgIpc) is 2.56. The molecule has 2 aliphatic heterocycles. The SMILES string of the molecule is Oc1ccc(CN2CCCCC2)c(O)c1CN1CCCCC1. The normalized spacial score (nSPS) is 21.1. The summed E-state index contributed by atoms with van der Waals surface area (Å²) in [5.74, 6) is 0.529. The van der Waals surface area contributed by atoms with Crippen molar-refractivity contribution in [3.05, 3.63) is 23.3 Å². The third kappa shape index (κ3) is 3.73. The second-order valence-electron chi connectivity index (χ2n) is 6.74. The lowest BCUT2D eigenvalue weighted by Crippen LogP contribution is -2.30. The van der Waals surface area contributed by atoms with E-state index in [0.29, 0.717) is 17.9 Å². The molecule has 4 heteroatoms. The molecule has 122 valence electrons. The van der Waals surface area contributed by atoms with E-state index < -0.39 is 0 Å². The van der Waals surface area contributed by atoms with Crippen LogP contribution in [0.3, 0.4) is 0 Å². The van der Waals surface area contributed by atoms with Crippen LogP contribution in [-0.2, 0) is 13.1 Å². The minimum absolute atomic E-state index is 0.227. The number of aromatic hydroxyl groups is 2. The van der Waals surface area contributed by atoms with Crippen LogP contribution in [0, 0.1) is 0 Å². The number of rotatable bonds is 4. The maximum absolute atomic E-state index is 10.6. The topological polar surface area (TPSA) is 46.9 Å². The molecule has 0 radical (unpaired) electrons. The second-order valence-corrected chi connectivity index (χ2v) is 6.74. The number of hydrogen-bond acceptors (Lipinski definition) is 4. The largest absolute Gasteiger partial charge is 0.507 e. The molecule has 0 bridgehead atoms. The number of hydrogen-bond donors (Lipinski definition) is 2. The maximum atomic E-state index is 10.6. The molecule has 1 aromatic rings. The van der Waals surface area contributed by atoms with Crippen molar-refractivity contribution >= 4 is 0 Å². The summed E-state index contributed by atoms with van der Waals surface area (Å²) >= 11 is 0. The minimum atomic E-state index is 0.227. The van der Waals surface area contributed by atoms with Crippen LogP contribution in [0.2, 0.25) is 0 Å². The Morgan fingerprint density at radius 1 is 0.727 bits per heavy atom. The summed E-state index contributed by atoms with van der Waals surface area (Å²) in [5.41, 5.74) is 1.66. The number of nitrogens with zero attached hydrogens (tertiary/aromatic N) is 2. The first-order chi connectivity index (χ1) is 10.7. The van der Waals surface area contributed by atoms with Crippen LogP contribution in [-0.4, -0.2) is 46.2 Å². The van der Waals surface area contributed by atoms with Crippen LogP contribution in [0.15, 0.2) is 12.1 Å². The highest BCUT2D eigenvalue weighted by molar-refractivity contribution is 5.48. The Labute approximate surface area is 133 Å². The highest BCUT2D eigenvalue weighted by Crippen LogP contribution is 2.33. The molecule has 0 amide bonds. The molecule has 3 rings (SSSR count). The molecule has 0 aliphatic carbocycles. The third-order valence-electron chi connectivity index (χ3n) is 5.01. The Balaban J connectivity index is 1.72. The molecule has 0 saturated carbocycles. The van der Waals surface area contributed by atoms with E-state index in [-0.39, 0.29) is 5.75 Å². The molecule has 0 spiro atoms. The lowest BCUT2D eigenvalue weighted by atomic mass is 10.0. The molecule has 2 heterocycles. The number of benzene rings is 1. The van der Waals surface area contributed by atoms with E-state index in [2.05, 4.69) is 9.80 Å². The van der Waals surface area contributed by atoms with Gasteiger partial charge in [-0.05, 0) is 57.9 Å². The fourth-order valence-corrected chi connectivity index (χ4v) is 3.66. The first kappa shape index (κ1) is 15.6. The molecular weight excluding hydrogens is 276 g/mol. The van der Waals surface area contributed by atoms with Gasteiger partial charge in [0, 0.05) is 24.2 Å². The van der Waals surface area contributed by atoms with E-state index in [1.54, 1.807) is 6.07 Å². The zero-order valence-electron chi connectivity index (χ0n) is 13.4. The van der Waals surface area contributed by atoms with Gasteiger partial charge in [-0.25, -0.2) is 0 Å². The number of phenolic OH excluding ortho intramolecular Hbond substituents is 2. The number of likely N-dealkylation sites (tertiary alicyclic amines) is 2. The van der Waals surface area contributed by atoms with E-state index in [1.807, 2.05) is 6.07 Å². The Morgan fingerprint density at radius 2 is 1.27 bits per heavy atom. The van der Waals surface area contributed by atoms with Crippen molar-refractivity contribution in [3.63, 3.8) is 0 Å². The Kier molecular flexibility index (Phi) is 5.21. The van der Waals surface area contributed by atoms with Crippen LogP contribution >= 0.6 is 0 Å². The van der Waals surface area contributed by atoms with Crippen molar-refractivity contribution in [3.8, 4) is 11.5 Å². The predicted molar refractivity (Wildman–Crippen MR) is 88.0 cm³/mol. The highest BCUT2D eigenvalue weighted by atomic mass is 16.3. The van der Waals surface area contributed by atoms with Crippen LogP contribution in [0.1, 0.15) is 49.7 Å². The van der Waals surface area contributed by atoms with Gasteiger partial charge >= 0.3 is 0 Å². The van der Waals surface area contributed by atoms with Gasteiger partial charge in [-0.3, -0.25) is 9.80 Å². The van der Waals surface area contributed by atoms with E-state index in [0.717, 1.165) is 38.3 Å². The molecule has 2 saturated heterocycles. The van der Waals surface area contributed by atoms with E-state index in [1.165, 1.54) is 38.5 Å². The van der Waals surface area contributed by atoms with Gasteiger partial charge in [-0.1, -0.05) is 18.9 Å². The molecule has 22 heavy (non-hydrogen) atoms. The summed E-state index contributed by atoms with van der Waals surface area (Å²) in [6.45, 7) is 5.80. The highest BCUT2D eigenvalue weighted by Gasteiger charge is 2.19. The zero-order chi connectivity index (χ0) is 15.4. The summed E-state index contributed by atoms with van der Waals surface area (Å²) in [4.78, 5) is 4.74. The van der Waals surface area contributed by atoms with Gasteiger partial charge in [0.05, 0.1) is 0 Å². The van der Waals surface area contributed by atoms with Crippen LogP contribution in [0.5, 0.6) is 11.5 Å². The quantitative estimate of drug-likeness (QED) is 0.897. The number of phenols is 2. The van der Waals surface area contributed by atoms with Gasteiger partial charge < -0.3 is 10.2 Å². The molecule has 2 N–H and O–H groups in total. The molecule has 1 aromatic carbocycles. The summed E-state index contributed by atoms with van der Waals surface area (Å²) in [7, 11) is 0. The van der Waals surface area contributed by atoms with Gasteiger partial charge in [0.25, 0.3) is 0 Å². The van der Waals surface area contributed by atoms with Gasteiger partial charge in [-0.15, -0.1) is 0 Å². The first-order valence-electron chi connectivity index (χ1n) is 8.71. The second kappa shape index (κ2) is 7.34. The van der Waals surface area contributed by atoms with Gasteiger partial charge in [-0.2, -0.15) is 0 Å². The molecule has 4 nitrogen and oxygen atoms in total.